The van der Waals surface area contributed by atoms with Crippen molar-refractivity contribution < 1.29 is 9.47 Å². The Bertz CT molecular complexity index is 662. The Balaban J connectivity index is 2.09. The first-order valence-electron chi connectivity index (χ1n) is 7.22. The maximum Gasteiger partial charge on any atom is 0.130 e. The minimum Gasteiger partial charge on any atom is -0.487 e. The molecule has 2 rings (SSSR count). The van der Waals surface area contributed by atoms with Gasteiger partial charge in [-0.3, -0.25) is 0 Å². The molecule has 0 fully saturated rings. The van der Waals surface area contributed by atoms with Crippen molar-refractivity contribution in [3.8, 4) is 5.75 Å². The lowest BCUT2D eigenvalue weighted by Gasteiger charge is -2.09. The zero-order valence-electron chi connectivity index (χ0n) is 13.1. The largest absolute Gasteiger partial charge is 0.487 e. The Morgan fingerprint density at radius 3 is 2.77 bits per heavy atom. The predicted octanol–water partition coefficient (Wildman–Crippen LogP) is 4.48. The van der Waals surface area contributed by atoms with Crippen LogP contribution in [0.1, 0.15) is 29.4 Å². The molecule has 0 aliphatic heterocycles. The van der Waals surface area contributed by atoms with Crippen LogP contribution in [-0.4, -0.2) is 12.1 Å². The summed E-state index contributed by atoms with van der Waals surface area (Å²) in [4.78, 5) is 4.60. The Hall–Kier alpha value is -2.39. The van der Waals surface area contributed by atoms with Gasteiger partial charge in [0.15, 0.2) is 0 Å². The second-order valence-corrected chi connectivity index (χ2v) is 4.85. The van der Waals surface area contributed by atoms with Gasteiger partial charge in [-0.2, -0.15) is 0 Å². The lowest BCUT2D eigenvalue weighted by molar-refractivity contribution is 0.184. The third-order valence-corrected chi connectivity index (χ3v) is 3.16. The molecule has 1 heterocycles. The number of rotatable bonds is 7. The van der Waals surface area contributed by atoms with E-state index in [1.807, 2.05) is 55.5 Å². The van der Waals surface area contributed by atoms with Crippen LogP contribution in [0.4, 0.5) is 0 Å². The summed E-state index contributed by atoms with van der Waals surface area (Å²) in [7, 11) is 1.68. The minimum atomic E-state index is 0.429. The van der Waals surface area contributed by atoms with Crippen LogP contribution in [0.2, 0.25) is 0 Å². The molecule has 0 radical (unpaired) electrons. The molecule has 2 aromatic rings. The first kappa shape index (κ1) is 16.0. The average Bonchev–Trinajstić information content (AvgIpc) is 2.54. The number of hydrogen-bond acceptors (Lipinski definition) is 3. The monoisotopic (exact) mass is 295 g/mol. The molecule has 0 saturated carbocycles. The lowest BCUT2D eigenvalue weighted by atomic mass is 10.1. The van der Waals surface area contributed by atoms with Crippen LogP contribution < -0.4 is 4.74 Å². The van der Waals surface area contributed by atoms with Gasteiger partial charge in [0.1, 0.15) is 12.4 Å². The molecule has 3 nitrogen and oxygen atoms in total. The number of allylic oxidation sites excluding steroid dienone is 1. The number of aromatic nitrogens is 1. The van der Waals surface area contributed by atoms with Crippen molar-refractivity contribution in [2.75, 3.05) is 7.11 Å². The summed E-state index contributed by atoms with van der Waals surface area (Å²) in [6, 6.07) is 11.9. The van der Waals surface area contributed by atoms with Gasteiger partial charge in [-0.25, -0.2) is 4.98 Å². The summed E-state index contributed by atoms with van der Waals surface area (Å²) < 4.78 is 10.9. The normalized spacial score (nSPS) is 10.8. The van der Waals surface area contributed by atoms with Crippen LogP contribution in [-0.2, 0) is 18.0 Å². The van der Waals surface area contributed by atoms with Crippen LogP contribution in [0.3, 0.4) is 0 Å². The number of methoxy groups -OCH3 is 1. The minimum absolute atomic E-state index is 0.429. The molecular weight excluding hydrogens is 274 g/mol. The molecule has 3 heteroatoms. The van der Waals surface area contributed by atoms with Crippen molar-refractivity contribution in [1.29, 1.82) is 0 Å². The van der Waals surface area contributed by atoms with Gasteiger partial charge in [0.25, 0.3) is 0 Å². The van der Waals surface area contributed by atoms with Crippen molar-refractivity contribution in [1.82, 2.24) is 4.98 Å². The Morgan fingerprint density at radius 2 is 2.05 bits per heavy atom. The highest BCUT2D eigenvalue weighted by atomic mass is 16.5. The SMILES string of the molecule is C=Cc1ccc(COc2cccc(COC)c2)nc1/C=C\C. The van der Waals surface area contributed by atoms with Crippen molar-refractivity contribution in [2.24, 2.45) is 0 Å². The molecule has 1 aromatic carbocycles. The van der Waals surface area contributed by atoms with Gasteiger partial charge in [-0.05, 0) is 42.3 Å². The summed E-state index contributed by atoms with van der Waals surface area (Å²) in [6.07, 6.45) is 5.75. The topological polar surface area (TPSA) is 31.4 Å². The van der Waals surface area contributed by atoms with E-state index in [0.717, 1.165) is 28.3 Å². The molecule has 0 aliphatic rings. The Morgan fingerprint density at radius 1 is 1.18 bits per heavy atom. The number of pyridine rings is 1. The molecule has 0 bridgehead atoms. The van der Waals surface area contributed by atoms with Gasteiger partial charge in [-0.1, -0.05) is 36.9 Å². The van der Waals surface area contributed by atoms with Gasteiger partial charge in [0.05, 0.1) is 18.0 Å². The van der Waals surface area contributed by atoms with Crippen molar-refractivity contribution in [2.45, 2.75) is 20.1 Å². The molecule has 0 amide bonds. The molecule has 0 aliphatic carbocycles. The molecule has 0 unspecified atom stereocenters. The van der Waals surface area contributed by atoms with Crippen molar-refractivity contribution in [3.63, 3.8) is 0 Å². The third kappa shape index (κ3) is 4.30. The maximum atomic E-state index is 5.82. The van der Waals surface area contributed by atoms with Crippen molar-refractivity contribution in [3.05, 3.63) is 71.6 Å². The van der Waals surface area contributed by atoms with Gasteiger partial charge in [-0.15, -0.1) is 0 Å². The van der Waals surface area contributed by atoms with E-state index in [1.54, 1.807) is 13.2 Å². The summed E-state index contributed by atoms with van der Waals surface area (Å²) in [5, 5.41) is 0. The molecule has 0 atom stereocenters. The molecule has 0 spiro atoms. The highest BCUT2D eigenvalue weighted by molar-refractivity contribution is 5.61. The molecule has 0 saturated heterocycles. The van der Waals surface area contributed by atoms with E-state index in [-0.39, 0.29) is 0 Å². The molecule has 0 N–H and O–H groups in total. The first-order chi connectivity index (χ1) is 10.8. The van der Waals surface area contributed by atoms with Gasteiger partial charge in [0.2, 0.25) is 0 Å². The van der Waals surface area contributed by atoms with Crippen LogP contribution in [0.25, 0.3) is 12.2 Å². The summed E-state index contributed by atoms with van der Waals surface area (Å²) in [6.45, 7) is 6.79. The van der Waals surface area contributed by atoms with E-state index in [1.165, 1.54) is 0 Å². The van der Waals surface area contributed by atoms with Crippen LogP contribution in [0.5, 0.6) is 5.75 Å². The second kappa shape index (κ2) is 8.15. The van der Waals surface area contributed by atoms with E-state index in [0.29, 0.717) is 13.2 Å². The molecule has 22 heavy (non-hydrogen) atoms. The van der Waals surface area contributed by atoms with E-state index in [9.17, 15) is 0 Å². The van der Waals surface area contributed by atoms with Gasteiger partial charge < -0.3 is 9.47 Å². The Kier molecular flexibility index (Phi) is 5.92. The number of benzene rings is 1. The number of hydrogen-bond donors (Lipinski definition) is 0. The smallest absolute Gasteiger partial charge is 0.130 e. The Labute approximate surface area is 131 Å². The number of ether oxygens (including phenoxy) is 2. The van der Waals surface area contributed by atoms with E-state index >= 15 is 0 Å². The zero-order valence-corrected chi connectivity index (χ0v) is 13.1. The fraction of sp³-hybridized carbons (Fsp3) is 0.211. The zero-order chi connectivity index (χ0) is 15.8. The lowest BCUT2D eigenvalue weighted by Crippen LogP contribution is -2.01. The third-order valence-electron chi connectivity index (χ3n) is 3.16. The van der Waals surface area contributed by atoms with E-state index < -0.39 is 0 Å². The van der Waals surface area contributed by atoms with Crippen LogP contribution in [0.15, 0.2) is 49.1 Å². The predicted molar refractivity (Wildman–Crippen MR) is 90.5 cm³/mol. The van der Waals surface area contributed by atoms with Crippen molar-refractivity contribution >= 4 is 12.2 Å². The standard InChI is InChI=1S/C19H21NO2/c1-4-7-19-16(5-2)10-11-17(20-19)14-22-18-9-6-8-15(12-18)13-21-3/h4-12H,2,13-14H2,1,3H3/b7-4-. The highest BCUT2D eigenvalue weighted by Crippen LogP contribution is 2.17. The molecule has 114 valence electrons. The number of nitrogens with zero attached hydrogens (tertiary/aromatic N) is 1. The fourth-order valence-electron chi connectivity index (χ4n) is 2.12. The van der Waals surface area contributed by atoms with Gasteiger partial charge >= 0.3 is 0 Å². The van der Waals surface area contributed by atoms with Gasteiger partial charge in [0, 0.05) is 7.11 Å². The maximum absolute atomic E-state index is 5.82. The van der Waals surface area contributed by atoms with Crippen LogP contribution in [0, 0.1) is 0 Å². The van der Waals surface area contributed by atoms with E-state index in [4.69, 9.17) is 9.47 Å². The van der Waals surface area contributed by atoms with Crippen LogP contribution >= 0.6 is 0 Å². The summed E-state index contributed by atoms with van der Waals surface area (Å²) >= 11 is 0. The van der Waals surface area contributed by atoms with E-state index in [2.05, 4.69) is 11.6 Å². The summed E-state index contributed by atoms with van der Waals surface area (Å²) in [5.41, 5.74) is 3.90. The summed E-state index contributed by atoms with van der Waals surface area (Å²) in [5.74, 6) is 0.816. The molecular formula is C19H21NO2. The highest BCUT2D eigenvalue weighted by Gasteiger charge is 2.03. The quantitative estimate of drug-likeness (QED) is 0.754. The first-order valence-corrected chi connectivity index (χ1v) is 7.22. The fourth-order valence-corrected chi connectivity index (χ4v) is 2.12. The molecule has 1 aromatic heterocycles. The average molecular weight is 295 g/mol. The second-order valence-electron chi connectivity index (χ2n) is 4.85.